The van der Waals surface area contributed by atoms with Crippen molar-refractivity contribution in [2.75, 3.05) is 0 Å². The molecule has 1 aromatic heterocycles. The Morgan fingerprint density at radius 3 is 2.40 bits per heavy atom. The van der Waals surface area contributed by atoms with Crippen molar-refractivity contribution < 1.29 is 9.94 Å². The molecule has 0 bridgehead atoms. The highest BCUT2D eigenvalue weighted by molar-refractivity contribution is 6.32. The molecule has 2 aromatic rings. The molecule has 0 aliphatic heterocycles. The van der Waals surface area contributed by atoms with Gasteiger partial charge in [-0.2, -0.15) is 0 Å². The molecule has 0 spiro atoms. The van der Waals surface area contributed by atoms with Gasteiger partial charge in [-0.15, -0.1) is 0 Å². The highest BCUT2D eigenvalue weighted by atomic mass is 35.5. The zero-order valence-electron chi connectivity index (χ0n) is 11.1. The first kappa shape index (κ1) is 14.1. The number of ether oxygens (including phenoxy) is 1. The van der Waals surface area contributed by atoms with Crippen LogP contribution in [0.4, 0.5) is 0 Å². The summed E-state index contributed by atoms with van der Waals surface area (Å²) in [6.07, 6.45) is 1.51. The highest BCUT2D eigenvalue weighted by Gasteiger charge is 2.06. The van der Waals surface area contributed by atoms with Gasteiger partial charge in [-0.1, -0.05) is 16.8 Å². The zero-order valence-corrected chi connectivity index (χ0v) is 11.8. The summed E-state index contributed by atoms with van der Waals surface area (Å²) in [6, 6.07) is 7.01. The number of hydrogen-bond acceptors (Lipinski definition) is 4. The predicted molar refractivity (Wildman–Crippen MR) is 77.7 cm³/mol. The van der Waals surface area contributed by atoms with Gasteiger partial charge in [0.05, 0.1) is 6.20 Å². The van der Waals surface area contributed by atoms with Crippen LogP contribution in [0.25, 0.3) is 0 Å². The van der Waals surface area contributed by atoms with Gasteiger partial charge in [0.15, 0.2) is 5.84 Å². The first-order valence-corrected chi connectivity index (χ1v) is 6.27. The van der Waals surface area contributed by atoms with Gasteiger partial charge in [-0.3, -0.25) is 0 Å². The van der Waals surface area contributed by atoms with Gasteiger partial charge >= 0.3 is 0 Å². The zero-order chi connectivity index (χ0) is 14.7. The number of halogens is 1. The fourth-order valence-electron chi connectivity index (χ4n) is 1.74. The largest absolute Gasteiger partial charge is 0.456 e. The summed E-state index contributed by atoms with van der Waals surface area (Å²) >= 11 is 6.11. The Hall–Kier alpha value is -2.27. The van der Waals surface area contributed by atoms with E-state index in [0.717, 1.165) is 16.1 Å². The summed E-state index contributed by atoms with van der Waals surface area (Å²) in [5, 5.41) is 12.2. The second kappa shape index (κ2) is 5.79. The minimum atomic E-state index is -0.0465. The summed E-state index contributed by atoms with van der Waals surface area (Å²) < 4.78 is 5.70. The predicted octanol–water partition coefficient (Wildman–Crippen LogP) is 3.24. The van der Waals surface area contributed by atoms with Crippen molar-refractivity contribution in [2.24, 2.45) is 10.9 Å². The second-order valence-electron chi connectivity index (χ2n) is 4.34. The van der Waals surface area contributed by atoms with E-state index in [2.05, 4.69) is 10.1 Å². The molecular weight excluding hydrogens is 278 g/mol. The second-order valence-corrected chi connectivity index (χ2v) is 4.72. The maximum atomic E-state index is 8.56. The topological polar surface area (TPSA) is 80.7 Å². The number of aromatic nitrogens is 1. The van der Waals surface area contributed by atoms with Gasteiger partial charge in [0, 0.05) is 5.02 Å². The lowest BCUT2D eigenvalue weighted by atomic mass is 10.1. The van der Waals surface area contributed by atoms with Crippen molar-refractivity contribution in [1.82, 2.24) is 4.98 Å². The summed E-state index contributed by atoms with van der Waals surface area (Å²) in [6.45, 7) is 3.84. The van der Waals surface area contributed by atoms with Crippen LogP contribution in [-0.4, -0.2) is 16.0 Å². The quantitative estimate of drug-likeness (QED) is 0.394. The molecule has 104 valence electrons. The van der Waals surface area contributed by atoms with Gasteiger partial charge in [-0.25, -0.2) is 4.98 Å². The molecule has 0 saturated carbocycles. The van der Waals surface area contributed by atoms with Crippen LogP contribution in [0.2, 0.25) is 5.02 Å². The van der Waals surface area contributed by atoms with Crippen LogP contribution in [0, 0.1) is 13.8 Å². The molecule has 1 aromatic carbocycles. The van der Waals surface area contributed by atoms with E-state index in [1.54, 1.807) is 12.1 Å². The molecule has 0 fully saturated rings. The van der Waals surface area contributed by atoms with Crippen molar-refractivity contribution in [2.45, 2.75) is 13.8 Å². The van der Waals surface area contributed by atoms with Crippen LogP contribution in [-0.2, 0) is 0 Å². The monoisotopic (exact) mass is 291 g/mol. The van der Waals surface area contributed by atoms with Gasteiger partial charge < -0.3 is 15.7 Å². The van der Waals surface area contributed by atoms with Crippen molar-refractivity contribution in [1.29, 1.82) is 0 Å². The van der Waals surface area contributed by atoms with E-state index < -0.39 is 0 Å². The van der Waals surface area contributed by atoms with Crippen molar-refractivity contribution in [3.63, 3.8) is 0 Å². The van der Waals surface area contributed by atoms with Crippen LogP contribution in [0.3, 0.4) is 0 Å². The molecule has 3 N–H and O–H groups in total. The fourth-order valence-corrected chi connectivity index (χ4v) is 1.85. The van der Waals surface area contributed by atoms with E-state index >= 15 is 0 Å². The number of nitrogens with two attached hydrogens (primary N) is 1. The Morgan fingerprint density at radius 2 is 1.90 bits per heavy atom. The van der Waals surface area contributed by atoms with Gasteiger partial charge in [0.25, 0.3) is 0 Å². The first-order valence-electron chi connectivity index (χ1n) is 5.90. The minimum Gasteiger partial charge on any atom is -0.456 e. The molecule has 6 heteroatoms. The van der Waals surface area contributed by atoms with Crippen LogP contribution in [0.1, 0.15) is 16.8 Å². The average molecular weight is 292 g/mol. The van der Waals surface area contributed by atoms with Crippen molar-refractivity contribution in [3.05, 3.63) is 52.3 Å². The highest BCUT2D eigenvalue weighted by Crippen LogP contribution is 2.28. The Balaban J connectivity index is 2.22. The molecule has 0 radical (unpaired) electrons. The number of nitrogens with zero attached hydrogens (tertiary/aromatic N) is 2. The number of oxime groups is 1. The standard InChI is InChI=1S/C14H14ClN3O2/c1-8-5-11(6-9(2)13(8)15)20-10-3-4-12(17-7-10)14(16)18-19/h3-7,19H,1-2H3,(H2,16,18). The van der Waals surface area contributed by atoms with E-state index in [-0.39, 0.29) is 5.84 Å². The Morgan fingerprint density at radius 1 is 1.25 bits per heavy atom. The van der Waals surface area contributed by atoms with E-state index in [0.29, 0.717) is 17.2 Å². The average Bonchev–Trinajstić information content (AvgIpc) is 2.44. The Kier molecular flexibility index (Phi) is 4.10. The van der Waals surface area contributed by atoms with Crippen LogP contribution in [0.15, 0.2) is 35.6 Å². The van der Waals surface area contributed by atoms with E-state index in [1.807, 2.05) is 26.0 Å². The van der Waals surface area contributed by atoms with Crippen molar-refractivity contribution >= 4 is 17.4 Å². The third-order valence-electron chi connectivity index (χ3n) is 2.75. The van der Waals surface area contributed by atoms with Gasteiger partial charge in [-0.05, 0) is 49.2 Å². The molecule has 1 heterocycles. The van der Waals surface area contributed by atoms with Gasteiger partial charge in [0.1, 0.15) is 17.2 Å². The molecule has 20 heavy (non-hydrogen) atoms. The summed E-state index contributed by atoms with van der Waals surface area (Å²) in [5.41, 5.74) is 7.71. The maximum absolute atomic E-state index is 8.56. The summed E-state index contributed by atoms with van der Waals surface area (Å²) in [5.74, 6) is 1.19. The molecule has 0 aliphatic rings. The van der Waals surface area contributed by atoms with E-state index in [9.17, 15) is 0 Å². The number of hydrogen-bond donors (Lipinski definition) is 2. The van der Waals surface area contributed by atoms with Crippen LogP contribution < -0.4 is 10.5 Å². The van der Waals surface area contributed by atoms with Crippen LogP contribution in [0.5, 0.6) is 11.5 Å². The molecule has 0 aliphatic carbocycles. The maximum Gasteiger partial charge on any atom is 0.188 e. The smallest absolute Gasteiger partial charge is 0.188 e. The number of benzene rings is 1. The Labute approximate surface area is 121 Å². The summed E-state index contributed by atoms with van der Waals surface area (Å²) in [4.78, 5) is 4.04. The number of pyridine rings is 1. The lowest BCUT2D eigenvalue weighted by Gasteiger charge is -2.09. The SMILES string of the molecule is Cc1cc(Oc2ccc(/C(N)=N/O)nc2)cc(C)c1Cl. The Bertz CT molecular complexity index is 631. The first-order chi connectivity index (χ1) is 9.51. The number of amidine groups is 1. The number of rotatable bonds is 3. The molecule has 0 saturated heterocycles. The molecule has 0 amide bonds. The molecular formula is C14H14ClN3O2. The minimum absolute atomic E-state index is 0.0465. The lowest BCUT2D eigenvalue weighted by molar-refractivity contribution is 0.318. The normalized spacial score (nSPS) is 11.4. The molecule has 2 rings (SSSR count). The van der Waals surface area contributed by atoms with E-state index in [1.165, 1.54) is 6.20 Å². The van der Waals surface area contributed by atoms with Crippen LogP contribution >= 0.6 is 11.6 Å². The molecule has 0 atom stereocenters. The molecule has 5 nitrogen and oxygen atoms in total. The third-order valence-corrected chi connectivity index (χ3v) is 3.35. The van der Waals surface area contributed by atoms with E-state index in [4.69, 9.17) is 27.3 Å². The third kappa shape index (κ3) is 3.00. The summed E-state index contributed by atoms with van der Waals surface area (Å²) in [7, 11) is 0. The lowest BCUT2D eigenvalue weighted by Crippen LogP contribution is -2.14. The number of aryl methyl sites for hydroxylation is 2. The van der Waals surface area contributed by atoms with Crippen molar-refractivity contribution in [3.8, 4) is 11.5 Å². The van der Waals surface area contributed by atoms with Gasteiger partial charge in [0.2, 0.25) is 0 Å². The fraction of sp³-hybridized carbons (Fsp3) is 0.143. The molecule has 0 unspecified atom stereocenters.